The number of hydrogen-bond donors (Lipinski definition) is 1. The molecule has 3 rings (SSSR count). The van der Waals surface area contributed by atoms with E-state index in [4.69, 9.17) is 10.5 Å². The van der Waals surface area contributed by atoms with Crippen molar-refractivity contribution in [3.63, 3.8) is 0 Å². The fourth-order valence-corrected chi connectivity index (χ4v) is 2.93. The van der Waals surface area contributed by atoms with E-state index in [1.807, 2.05) is 6.07 Å². The first kappa shape index (κ1) is 14.3. The average molecular weight is 302 g/mol. The van der Waals surface area contributed by atoms with E-state index in [2.05, 4.69) is 0 Å². The van der Waals surface area contributed by atoms with Crippen LogP contribution >= 0.6 is 0 Å². The molecule has 0 fully saturated rings. The van der Waals surface area contributed by atoms with Gasteiger partial charge in [0.15, 0.2) is 5.78 Å². The molecule has 2 aliphatic rings. The van der Waals surface area contributed by atoms with Crippen LogP contribution in [-0.2, 0) is 9.53 Å². The number of rotatable bonds is 1. The van der Waals surface area contributed by atoms with Crippen molar-refractivity contribution in [2.75, 3.05) is 0 Å². The molecule has 1 aliphatic heterocycles. The lowest BCUT2D eigenvalue weighted by Gasteiger charge is -2.31. The number of nitrogens with two attached hydrogens (primary N) is 1. The van der Waals surface area contributed by atoms with Gasteiger partial charge in [-0.15, -0.1) is 0 Å². The fraction of sp³-hybridized carbons (Fsp3) is 0.250. The Morgan fingerprint density at radius 3 is 2.59 bits per heavy atom. The summed E-state index contributed by atoms with van der Waals surface area (Å²) >= 11 is 0. The summed E-state index contributed by atoms with van der Waals surface area (Å²) in [5, 5.41) is 9.30. The molecule has 6 heteroatoms. The highest BCUT2D eigenvalue weighted by molar-refractivity contribution is 5.99. The lowest BCUT2D eigenvalue weighted by molar-refractivity contribution is -0.116. The van der Waals surface area contributed by atoms with Gasteiger partial charge in [-0.25, -0.2) is 8.78 Å². The molecule has 1 aliphatic carbocycles. The monoisotopic (exact) mass is 302 g/mol. The zero-order valence-corrected chi connectivity index (χ0v) is 11.5. The quantitative estimate of drug-likeness (QED) is 0.865. The summed E-state index contributed by atoms with van der Waals surface area (Å²) in [6.07, 6.45) is 1.29. The van der Waals surface area contributed by atoms with E-state index in [0.717, 1.165) is 12.1 Å². The first-order valence-corrected chi connectivity index (χ1v) is 6.82. The van der Waals surface area contributed by atoms with E-state index in [1.165, 1.54) is 6.07 Å². The Balaban J connectivity index is 2.28. The SMILES string of the molecule is N#CC1=C(N)OC2=C(C(=O)CCC2)[C@@H]1c1c(F)cccc1F. The average Bonchev–Trinajstić information content (AvgIpc) is 2.46. The standard InChI is InChI=1S/C16H12F2N2O2/c17-9-3-1-4-10(18)14(9)13-8(7-19)16(20)22-12-6-2-5-11(21)15(12)13/h1,3-4,13H,2,5-6,20H2/t13-/m0/s1. The Bertz CT molecular complexity index is 755. The van der Waals surface area contributed by atoms with Crippen LogP contribution in [0.25, 0.3) is 0 Å². The number of ether oxygens (including phenoxy) is 1. The van der Waals surface area contributed by atoms with Gasteiger partial charge in [-0.2, -0.15) is 5.26 Å². The minimum Gasteiger partial charge on any atom is -0.444 e. The van der Waals surface area contributed by atoms with Crippen LogP contribution in [-0.4, -0.2) is 5.78 Å². The van der Waals surface area contributed by atoms with Gasteiger partial charge >= 0.3 is 0 Å². The van der Waals surface area contributed by atoms with E-state index in [1.54, 1.807) is 0 Å². The molecule has 0 aromatic heterocycles. The second-order valence-electron chi connectivity index (χ2n) is 5.17. The Kier molecular flexibility index (Phi) is 3.41. The van der Waals surface area contributed by atoms with Gasteiger partial charge in [0.05, 0.1) is 5.92 Å². The van der Waals surface area contributed by atoms with E-state index >= 15 is 0 Å². The Hall–Kier alpha value is -2.68. The topological polar surface area (TPSA) is 76.1 Å². The third kappa shape index (κ3) is 2.06. The molecule has 0 amide bonds. The number of benzene rings is 1. The lowest BCUT2D eigenvalue weighted by Crippen LogP contribution is -2.28. The van der Waals surface area contributed by atoms with Crippen molar-refractivity contribution in [3.05, 3.63) is 58.2 Å². The number of hydrogen-bond acceptors (Lipinski definition) is 4. The van der Waals surface area contributed by atoms with Gasteiger partial charge in [-0.3, -0.25) is 4.79 Å². The molecule has 1 aromatic rings. The minimum absolute atomic E-state index is 0.140. The van der Waals surface area contributed by atoms with Gasteiger partial charge in [0, 0.05) is 24.0 Å². The van der Waals surface area contributed by atoms with Crippen molar-refractivity contribution in [2.45, 2.75) is 25.2 Å². The summed E-state index contributed by atoms with van der Waals surface area (Å²) < 4.78 is 33.7. The number of carbonyl (C=O) groups is 1. The van der Waals surface area contributed by atoms with Gasteiger partial charge in [-0.1, -0.05) is 6.07 Å². The molecular weight excluding hydrogens is 290 g/mol. The van der Waals surface area contributed by atoms with Crippen LogP contribution in [0.4, 0.5) is 8.78 Å². The maximum atomic E-state index is 14.2. The molecule has 4 nitrogen and oxygen atoms in total. The molecule has 22 heavy (non-hydrogen) atoms. The van der Waals surface area contributed by atoms with Gasteiger partial charge in [0.25, 0.3) is 0 Å². The molecule has 0 radical (unpaired) electrons. The Morgan fingerprint density at radius 2 is 1.95 bits per heavy atom. The summed E-state index contributed by atoms with van der Waals surface area (Å²) in [4.78, 5) is 12.2. The van der Waals surface area contributed by atoms with Crippen molar-refractivity contribution in [3.8, 4) is 6.07 Å². The second kappa shape index (κ2) is 5.26. The van der Waals surface area contributed by atoms with E-state index in [-0.39, 0.29) is 34.8 Å². The zero-order valence-electron chi connectivity index (χ0n) is 11.5. The number of halogens is 2. The van der Waals surface area contributed by atoms with Gasteiger partial charge < -0.3 is 10.5 Å². The Labute approximate surface area is 125 Å². The molecule has 0 spiro atoms. The van der Waals surface area contributed by atoms with Crippen LogP contribution in [0.3, 0.4) is 0 Å². The van der Waals surface area contributed by atoms with Gasteiger partial charge in [0.1, 0.15) is 29.0 Å². The molecule has 1 heterocycles. The molecule has 0 saturated heterocycles. The minimum atomic E-state index is -1.15. The van der Waals surface area contributed by atoms with Crippen LogP contribution in [0, 0.1) is 23.0 Å². The smallest absolute Gasteiger partial charge is 0.205 e. The maximum Gasteiger partial charge on any atom is 0.205 e. The number of ketones is 1. The van der Waals surface area contributed by atoms with Crippen LogP contribution in [0.2, 0.25) is 0 Å². The van der Waals surface area contributed by atoms with Crippen molar-refractivity contribution in [2.24, 2.45) is 5.73 Å². The molecule has 1 aromatic carbocycles. The first-order valence-electron chi connectivity index (χ1n) is 6.82. The molecule has 0 unspecified atom stereocenters. The highest BCUT2D eigenvalue weighted by Crippen LogP contribution is 2.44. The van der Waals surface area contributed by atoms with E-state index < -0.39 is 17.6 Å². The normalized spacial score (nSPS) is 21.3. The van der Waals surface area contributed by atoms with E-state index in [0.29, 0.717) is 18.6 Å². The number of allylic oxidation sites excluding steroid dienone is 3. The summed E-state index contributed by atoms with van der Waals surface area (Å²) in [5.74, 6) is -2.96. The van der Waals surface area contributed by atoms with Crippen molar-refractivity contribution in [1.82, 2.24) is 0 Å². The highest BCUT2D eigenvalue weighted by atomic mass is 19.1. The predicted octanol–water partition coefficient (Wildman–Crippen LogP) is 2.78. The van der Waals surface area contributed by atoms with Crippen LogP contribution in [0.15, 0.2) is 41.0 Å². The van der Waals surface area contributed by atoms with Gasteiger partial charge in [0.2, 0.25) is 5.88 Å². The summed E-state index contributed by atoms with van der Waals surface area (Å²) in [6, 6.07) is 5.23. The Morgan fingerprint density at radius 1 is 1.27 bits per heavy atom. The molecule has 2 N–H and O–H groups in total. The molecule has 1 atom stereocenters. The van der Waals surface area contributed by atoms with Crippen LogP contribution in [0.5, 0.6) is 0 Å². The van der Waals surface area contributed by atoms with Crippen molar-refractivity contribution in [1.29, 1.82) is 5.26 Å². The predicted molar refractivity (Wildman–Crippen MR) is 72.9 cm³/mol. The molecule has 112 valence electrons. The van der Waals surface area contributed by atoms with Crippen LogP contribution in [0.1, 0.15) is 30.7 Å². The summed E-state index contributed by atoms with van der Waals surface area (Å²) in [7, 11) is 0. The summed E-state index contributed by atoms with van der Waals surface area (Å²) in [5.41, 5.74) is 5.37. The number of Topliss-reactive ketones (excluding diaryl/α,β-unsaturated/α-hetero) is 1. The number of nitriles is 1. The number of carbonyl (C=O) groups excluding carboxylic acids is 1. The first-order chi connectivity index (χ1) is 10.5. The fourth-order valence-electron chi connectivity index (χ4n) is 2.93. The van der Waals surface area contributed by atoms with E-state index in [9.17, 15) is 18.8 Å². The third-order valence-electron chi connectivity index (χ3n) is 3.89. The maximum absolute atomic E-state index is 14.2. The molecule has 0 saturated carbocycles. The van der Waals surface area contributed by atoms with Crippen LogP contribution < -0.4 is 5.73 Å². The molecule has 0 bridgehead atoms. The zero-order chi connectivity index (χ0) is 15.9. The van der Waals surface area contributed by atoms with Crippen molar-refractivity contribution < 1.29 is 18.3 Å². The lowest BCUT2D eigenvalue weighted by atomic mass is 9.77. The summed E-state index contributed by atoms with van der Waals surface area (Å²) in [6.45, 7) is 0. The van der Waals surface area contributed by atoms with Crippen molar-refractivity contribution >= 4 is 5.78 Å². The second-order valence-corrected chi connectivity index (χ2v) is 5.17. The highest BCUT2D eigenvalue weighted by Gasteiger charge is 2.40. The molecular formula is C16H12F2N2O2. The number of nitrogens with zero attached hydrogens (tertiary/aromatic N) is 1. The largest absolute Gasteiger partial charge is 0.444 e. The third-order valence-corrected chi connectivity index (χ3v) is 3.89. The van der Waals surface area contributed by atoms with Gasteiger partial charge in [-0.05, 0) is 18.6 Å².